The van der Waals surface area contributed by atoms with Crippen molar-refractivity contribution in [1.82, 2.24) is 15.5 Å². The molecule has 1 amide bonds. The molecule has 2 aliphatic rings. The highest BCUT2D eigenvalue weighted by atomic mass is 35.5. The van der Waals surface area contributed by atoms with Crippen LogP contribution < -0.4 is 10.6 Å². The van der Waals surface area contributed by atoms with E-state index in [0.717, 1.165) is 25.9 Å². The molecule has 3 rings (SSSR count). The van der Waals surface area contributed by atoms with Gasteiger partial charge in [0.05, 0.1) is 0 Å². The number of rotatable bonds is 2. The van der Waals surface area contributed by atoms with Crippen LogP contribution in [0.25, 0.3) is 0 Å². The second kappa shape index (κ2) is 4.27. The Balaban J connectivity index is 0.000000963. The van der Waals surface area contributed by atoms with E-state index in [9.17, 15) is 4.79 Å². The summed E-state index contributed by atoms with van der Waals surface area (Å²) in [5.41, 5.74) is 1.88. The van der Waals surface area contributed by atoms with Crippen molar-refractivity contribution in [3.63, 3.8) is 0 Å². The lowest BCUT2D eigenvalue weighted by molar-refractivity contribution is -0.118. The average molecular weight is 261 g/mol. The summed E-state index contributed by atoms with van der Waals surface area (Å²) in [6, 6.07) is 0. The molecular formula is C9H13ClN4OS. The molecule has 0 aromatic carbocycles. The van der Waals surface area contributed by atoms with Gasteiger partial charge in [-0.3, -0.25) is 4.79 Å². The van der Waals surface area contributed by atoms with Crippen LogP contribution >= 0.6 is 23.7 Å². The van der Waals surface area contributed by atoms with Gasteiger partial charge in [-0.1, -0.05) is 11.3 Å². The van der Waals surface area contributed by atoms with Crippen molar-refractivity contribution in [3.05, 3.63) is 5.51 Å². The Bertz CT molecular complexity index is 377. The summed E-state index contributed by atoms with van der Waals surface area (Å²) < 4.78 is 0. The summed E-state index contributed by atoms with van der Waals surface area (Å²) in [6.07, 6.45) is 2.14. The molecule has 1 saturated heterocycles. The van der Waals surface area contributed by atoms with Gasteiger partial charge in [0, 0.05) is 12.5 Å². The molecule has 7 heteroatoms. The Morgan fingerprint density at radius 2 is 2.56 bits per heavy atom. The molecule has 1 aromatic rings. The molecule has 1 aliphatic heterocycles. The van der Waals surface area contributed by atoms with Crippen LogP contribution in [0, 0.1) is 11.3 Å². The van der Waals surface area contributed by atoms with Crippen LogP contribution in [0.3, 0.4) is 0 Å². The van der Waals surface area contributed by atoms with Gasteiger partial charge < -0.3 is 10.6 Å². The predicted octanol–water partition coefficient (Wildman–Crippen LogP) is 0.898. The molecule has 1 spiro atoms. The lowest BCUT2D eigenvalue weighted by atomic mass is 10.0. The minimum atomic E-state index is 0. The van der Waals surface area contributed by atoms with E-state index >= 15 is 0 Å². The van der Waals surface area contributed by atoms with Crippen LogP contribution in [0.15, 0.2) is 5.51 Å². The summed E-state index contributed by atoms with van der Waals surface area (Å²) >= 11 is 1.36. The fourth-order valence-electron chi connectivity index (χ4n) is 2.37. The third-order valence-electron chi connectivity index (χ3n) is 3.37. The third kappa shape index (κ3) is 1.92. The molecule has 2 heterocycles. The van der Waals surface area contributed by atoms with Gasteiger partial charge in [-0.25, -0.2) is 0 Å². The Hall–Kier alpha value is -0.720. The highest BCUT2D eigenvalue weighted by molar-refractivity contribution is 7.13. The quantitative estimate of drug-likeness (QED) is 0.829. The summed E-state index contributed by atoms with van der Waals surface area (Å²) in [7, 11) is 0. The topological polar surface area (TPSA) is 66.9 Å². The van der Waals surface area contributed by atoms with E-state index in [1.807, 2.05) is 0 Å². The molecule has 5 nitrogen and oxygen atoms in total. The first kappa shape index (κ1) is 11.8. The summed E-state index contributed by atoms with van der Waals surface area (Å²) in [6.45, 7) is 2.03. The zero-order chi connectivity index (χ0) is 10.3. The Kier molecular flexibility index (Phi) is 3.14. The zero-order valence-corrected chi connectivity index (χ0v) is 10.2. The summed E-state index contributed by atoms with van der Waals surface area (Å²) in [4.78, 5) is 11.8. The van der Waals surface area contributed by atoms with Crippen molar-refractivity contribution in [1.29, 1.82) is 0 Å². The van der Waals surface area contributed by atoms with Crippen molar-refractivity contribution in [2.75, 3.05) is 18.4 Å². The number of halogens is 1. The van der Waals surface area contributed by atoms with E-state index in [0.29, 0.717) is 5.13 Å². The van der Waals surface area contributed by atoms with Crippen LogP contribution in [0.5, 0.6) is 0 Å². The standard InChI is InChI=1S/C9H12N4OS.ClH/c14-7(12-8-13-11-5-15-8)6-3-9(6)1-2-10-4-9;/h5-6,10H,1-4H2,(H,12,13,14);1H. The maximum Gasteiger partial charge on any atom is 0.229 e. The normalized spacial score (nSPS) is 31.1. The van der Waals surface area contributed by atoms with Crippen LogP contribution in [0.2, 0.25) is 0 Å². The van der Waals surface area contributed by atoms with Crippen molar-refractivity contribution in [3.8, 4) is 0 Å². The Morgan fingerprint density at radius 1 is 1.69 bits per heavy atom. The molecule has 1 saturated carbocycles. The van der Waals surface area contributed by atoms with Crippen LogP contribution in [-0.4, -0.2) is 29.2 Å². The first-order chi connectivity index (χ1) is 7.30. The van der Waals surface area contributed by atoms with Crippen molar-refractivity contribution >= 4 is 34.8 Å². The van der Waals surface area contributed by atoms with Crippen LogP contribution in [-0.2, 0) is 4.79 Å². The maximum atomic E-state index is 11.8. The number of nitrogens with zero attached hydrogens (tertiary/aromatic N) is 2. The second-order valence-electron chi connectivity index (χ2n) is 4.28. The summed E-state index contributed by atoms with van der Waals surface area (Å²) in [5.74, 6) is 0.284. The number of anilines is 1. The lowest BCUT2D eigenvalue weighted by Crippen LogP contribution is -2.20. The Morgan fingerprint density at radius 3 is 3.19 bits per heavy atom. The van der Waals surface area contributed by atoms with Crippen LogP contribution in [0.4, 0.5) is 5.13 Å². The number of hydrogen-bond donors (Lipinski definition) is 2. The van der Waals surface area contributed by atoms with E-state index in [1.165, 1.54) is 11.3 Å². The maximum absolute atomic E-state index is 11.8. The third-order valence-corrected chi connectivity index (χ3v) is 3.98. The van der Waals surface area contributed by atoms with Gasteiger partial charge in [-0.15, -0.1) is 22.6 Å². The fraction of sp³-hybridized carbons (Fsp3) is 0.667. The largest absolute Gasteiger partial charge is 0.316 e. The van der Waals surface area contributed by atoms with Gasteiger partial charge in [0.25, 0.3) is 0 Å². The molecule has 2 fully saturated rings. The van der Waals surface area contributed by atoms with Crippen molar-refractivity contribution in [2.24, 2.45) is 11.3 Å². The van der Waals surface area contributed by atoms with E-state index in [2.05, 4.69) is 20.8 Å². The van der Waals surface area contributed by atoms with Gasteiger partial charge in [0.1, 0.15) is 5.51 Å². The SMILES string of the molecule is Cl.O=C(Nc1nncs1)C1CC12CCNC2. The Labute approximate surface area is 103 Å². The lowest BCUT2D eigenvalue weighted by Gasteiger charge is -2.05. The minimum Gasteiger partial charge on any atom is -0.316 e. The van der Waals surface area contributed by atoms with Crippen LogP contribution in [0.1, 0.15) is 12.8 Å². The molecule has 1 aromatic heterocycles. The first-order valence-corrected chi connectivity index (χ1v) is 5.96. The molecule has 1 aliphatic carbocycles. The van der Waals surface area contributed by atoms with Gasteiger partial charge >= 0.3 is 0 Å². The number of amides is 1. The van der Waals surface area contributed by atoms with Crippen molar-refractivity contribution in [2.45, 2.75) is 12.8 Å². The van der Waals surface area contributed by atoms with E-state index in [-0.39, 0.29) is 29.6 Å². The molecule has 88 valence electrons. The smallest absolute Gasteiger partial charge is 0.229 e. The molecular weight excluding hydrogens is 248 g/mol. The molecule has 2 unspecified atom stereocenters. The second-order valence-corrected chi connectivity index (χ2v) is 5.11. The number of nitrogens with one attached hydrogen (secondary N) is 2. The first-order valence-electron chi connectivity index (χ1n) is 5.08. The number of hydrogen-bond acceptors (Lipinski definition) is 5. The molecule has 0 bridgehead atoms. The monoisotopic (exact) mass is 260 g/mol. The van der Waals surface area contributed by atoms with Gasteiger partial charge in [-0.05, 0) is 24.8 Å². The highest BCUT2D eigenvalue weighted by Gasteiger charge is 2.59. The predicted molar refractivity (Wildman–Crippen MR) is 63.8 cm³/mol. The van der Waals surface area contributed by atoms with Gasteiger partial charge in [0.15, 0.2) is 0 Å². The summed E-state index contributed by atoms with van der Waals surface area (Å²) in [5, 5.41) is 14.2. The fourth-order valence-corrected chi connectivity index (χ4v) is 2.82. The zero-order valence-electron chi connectivity index (χ0n) is 8.60. The molecule has 2 N–H and O–H groups in total. The number of carbonyl (C=O) groups excluding carboxylic acids is 1. The van der Waals surface area contributed by atoms with E-state index < -0.39 is 0 Å². The van der Waals surface area contributed by atoms with Crippen molar-refractivity contribution < 1.29 is 4.79 Å². The number of carbonyl (C=O) groups is 1. The number of aromatic nitrogens is 2. The molecule has 16 heavy (non-hydrogen) atoms. The van der Waals surface area contributed by atoms with Gasteiger partial charge in [0.2, 0.25) is 11.0 Å². The minimum absolute atomic E-state index is 0. The van der Waals surface area contributed by atoms with E-state index in [1.54, 1.807) is 5.51 Å². The highest BCUT2D eigenvalue weighted by Crippen LogP contribution is 2.56. The van der Waals surface area contributed by atoms with E-state index in [4.69, 9.17) is 0 Å². The average Bonchev–Trinajstić information content (AvgIpc) is 2.63. The molecule has 2 atom stereocenters. The van der Waals surface area contributed by atoms with Gasteiger partial charge in [-0.2, -0.15) is 0 Å². The molecule has 0 radical (unpaired) electrons.